The Bertz CT molecular complexity index is 500. The lowest BCUT2D eigenvalue weighted by Gasteiger charge is -2.30. The number of benzene rings is 1. The third kappa shape index (κ3) is 3.93. The summed E-state index contributed by atoms with van der Waals surface area (Å²) in [6.07, 6.45) is -4.57. The molecule has 1 aromatic carbocycles. The van der Waals surface area contributed by atoms with E-state index in [0.717, 1.165) is 19.1 Å². The summed E-state index contributed by atoms with van der Waals surface area (Å²) in [5.74, 6) is -1.06. The molecule has 1 rings (SSSR count). The quantitative estimate of drug-likeness (QED) is 0.547. The zero-order valence-electron chi connectivity index (χ0n) is 10.9. The van der Waals surface area contributed by atoms with E-state index in [4.69, 9.17) is 4.74 Å². The van der Waals surface area contributed by atoms with Crippen LogP contribution in [0.5, 0.6) is 5.75 Å². The molecule has 0 saturated carbocycles. The highest BCUT2D eigenvalue weighted by Gasteiger charge is 2.45. The molecule has 0 N–H and O–H groups in total. The van der Waals surface area contributed by atoms with Gasteiger partial charge in [-0.05, 0) is 41.1 Å². The SMILES string of the molecule is CC(=O)C(CF)(CF)C(Br)Oc1cccc(C(F)(F)F)c1. The topological polar surface area (TPSA) is 26.3 Å². The van der Waals surface area contributed by atoms with Crippen LogP contribution in [-0.2, 0) is 11.0 Å². The minimum absolute atomic E-state index is 0.251. The second-order valence-electron chi connectivity index (χ2n) is 4.44. The van der Waals surface area contributed by atoms with E-state index in [1.165, 1.54) is 6.07 Å². The molecule has 0 spiro atoms. The highest BCUT2D eigenvalue weighted by atomic mass is 79.9. The maximum Gasteiger partial charge on any atom is 0.416 e. The fourth-order valence-electron chi connectivity index (χ4n) is 1.48. The Kier molecular flexibility index (Phi) is 5.72. The van der Waals surface area contributed by atoms with Gasteiger partial charge >= 0.3 is 6.18 Å². The standard InChI is InChI=1S/C13H12BrF5O2/c1-8(20)12(6-15,7-16)11(14)21-10-4-2-3-9(5-10)13(17,18)19/h2-5,11H,6-7H2,1H3. The summed E-state index contributed by atoms with van der Waals surface area (Å²) in [6.45, 7) is -1.69. The van der Waals surface area contributed by atoms with Crippen molar-refractivity contribution in [2.24, 2.45) is 5.41 Å². The van der Waals surface area contributed by atoms with Gasteiger partial charge in [0.15, 0.2) is 5.01 Å². The van der Waals surface area contributed by atoms with Crippen molar-refractivity contribution < 1.29 is 31.5 Å². The van der Waals surface area contributed by atoms with Crippen molar-refractivity contribution >= 4 is 21.7 Å². The maximum absolute atomic E-state index is 13.0. The van der Waals surface area contributed by atoms with Gasteiger partial charge < -0.3 is 4.74 Å². The lowest BCUT2D eigenvalue weighted by Crippen LogP contribution is -2.45. The molecular weight excluding hydrogens is 363 g/mol. The van der Waals surface area contributed by atoms with Crippen LogP contribution < -0.4 is 4.74 Å². The molecule has 118 valence electrons. The molecule has 8 heteroatoms. The number of hydrogen-bond donors (Lipinski definition) is 0. The van der Waals surface area contributed by atoms with Gasteiger partial charge in [-0.3, -0.25) is 4.79 Å². The van der Waals surface area contributed by atoms with E-state index in [1.54, 1.807) is 0 Å². The third-order valence-corrected chi connectivity index (χ3v) is 4.08. The molecule has 0 aromatic heterocycles. The number of rotatable bonds is 6. The van der Waals surface area contributed by atoms with Crippen molar-refractivity contribution in [1.82, 2.24) is 0 Å². The molecule has 0 fully saturated rings. The van der Waals surface area contributed by atoms with Crippen LogP contribution in [0.1, 0.15) is 12.5 Å². The highest BCUT2D eigenvalue weighted by Crippen LogP contribution is 2.35. The van der Waals surface area contributed by atoms with Gasteiger partial charge in [-0.25, -0.2) is 8.78 Å². The molecule has 1 atom stereocenters. The summed E-state index contributed by atoms with van der Waals surface area (Å²) in [4.78, 5) is 11.4. The van der Waals surface area contributed by atoms with Crippen LogP contribution >= 0.6 is 15.9 Å². The van der Waals surface area contributed by atoms with Crippen LogP contribution in [-0.4, -0.2) is 24.1 Å². The molecule has 0 aliphatic carbocycles. The normalized spacial score (nSPS) is 13.9. The minimum atomic E-state index is -4.57. The number of hydrogen-bond acceptors (Lipinski definition) is 2. The molecule has 0 bridgehead atoms. The number of halogens is 6. The van der Waals surface area contributed by atoms with E-state index < -0.39 is 41.3 Å². The molecule has 1 aromatic rings. The maximum atomic E-state index is 13.0. The first-order chi connectivity index (χ1) is 9.67. The Hall–Kier alpha value is -1.18. The number of alkyl halides is 6. The van der Waals surface area contributed by atoms with E-state index in [0.29, 0.717) is 6.07 Å². The summed E-state index contributed by atoms with van der Waals surface area (Å²) < 4.78 is 68.8. The molecule has 0 amide bonds. The van der Waals surface area contributed by atoms with Crippen LogP contribution in [0, 0.1) is 5.41 Å². The first-order valence-electron chi connectivity index (χ1n) is 5.78. The lowest BCUT2D eigenvalue weighted by molar-refractivity contribution is -0.138. The molecule has 0 radical (unpaired) electrons. The molecular formula is C13H12BrF5O2. The number of Topliss-reactive ketones (excluding diaryl/α,β-unsaturated/α-hetero) is 1. The summed E-state index contributed by atoms with van der Waals surface area (Å²) in [6, 6.07) is 3.82. The average Bonchev–Trinajstić information content (AvgIpc) is 2.39. The van der Waals surface area contributed by atoms with Gasteiger partial charge in [0, 0.05) is 0 Å². The number of ether oxygens (including phenoxy) is 1. The predicted octanol–water partition coefficient (Wildman–Crippen LogP) is 4.32. The van der Waals surface area contributed by atoms with Crippen LogP contribution in [0.25, 0.3) is 0 Å². The Morgan fingerprint density at radius 1 is 1.29 bits per heavy atom. The van der Waals surface area contributed by atoms with Gasteiger partial charge in [-0.15, -0.1) is 0 Å². The van der Waals surface area contributed by atoms with Gasteiger partial charge in [0.25, 0.3) is 0 Å². The van der Waals surface area contributed by atoms with Crippen molar-refractivity contribution in [3.05, 3.63) is 29.8 Å². The van der Waals surface area contributed by atoms with Crippen LogP contribution in [0.15, 0.2) is 24.3 Å². The molecule has 0 saturated heterocycles. The second kappa shape index (κ2) is 6.72. The first-order valence-corrected chi connectivity index (χ1v) is 6.70. The first kappa shape index (κ1) is 17.9. The largest absolute Gasteiger partial charge is 0.478 e. The smallest absolute Gasteiger partial charge is 0.416 e. The van der Waals surface area contributed by atoms with Crippen LogP contribution in [0.3, 0.4) is 0 Å². The zero-order chi connectivity index (χ0) is 16.3. The Morgan fingerprint density at radius 3 is 2.29 bits per heavy atom. The van der Waals surface area contributed by atoms with Crippen LogP contribution in [0.4, 0.5) is 22.0 Å². The number of carbonyl (C=O) groups excluding carboxylic acids is 1. The summed E-state index contributed by atoms with van der Waals surface area (Å²) in [7, 11) is 0. The van der Waals surface area contributed by atoms with E-state index in [1.807, 2.05) is 0 Å². The van der Waals surface area contributed by atoms with E-state index in [2.05, 4.69) is 15.9 Å². The average molecular weight is 375 g/mol. The van der Waals surface area contributed by atoms with Crippen molar-refractivity contribution in [3.8, 4) is 5.75 Å². The Morgan fingerprint density at radius 2 is 1.86 bits per heavy atom. The fourth-order valence-corrected chi connectivity index (χ4v) is 2.27. The van der Waals surface area contributed by atoms with Crippen molar-refractivity contribution in [3.63, 3.8) is 0 Å². The summed E-state index contributed by atoms with van der Waals surface area (Å²) >= 11 is 2.83. The minimum Gasteiger partial charge on any atom is -0.478 e. The van der Waals surface area contributed by atoms with Crippen molar-refractivity contribution in [2.75, 3.05) is 13.3 Å². The Balaban J connectivity index is 3.02. The second-order valence-corrected chi connectivity index (χ2v) is 5.27. The summed E-state index contributed by atoms with van der Waals surface area (Å²) in [5, 5.41) is -1.43. The van der Waals surface area contributed by atoms with Gasteiger partial charge in [0.1, 0.15) is 30.3 Å². The monoisotopic (exact) mass is 374 g/mol. The molecule has 2 nitrogen and oxygen atoms in total. The zero-order valence-corrected chi connectivity index (χ0v) is 12.5. The highest BCUT2D eigenvalue weighted by molar-refractivity contribution is 9.09. The molecule has 0 aliphatic heterocycles. The van der Waals surface area contributed by atoms with Gasteiger partial charge in [-0.1, -0.05) is 6.07 Å². The summed E-state index contributed by atoms with van der Waals surface area (Å²) in [5.41, 5.74) is -3.05. The predicted molar refractivity (Wildman–Crippen MR) is 69.9 cm³/mol. The Labute approximate surface area is 126 Å². The molecule has 0 heterocycles. The van der Waals surface area contributed by atoms with E-state index in [9.17, 15) is 26.7 Å². The van der Waals surface area contributed by atoms with Gasteiger partial charge in [0.2, 0.25) is 0 Å². The fraction of sp³-hybridized carbons (Fsp3) is 0.462. The molecule has 1 unspecified atom stereocenters. The third-order valence-electron chi connectivity index (χ3n) is 3.01. The lowest BCUT2D eigenvalue weighted by atomic mass is 9.88. The van der Waals surface area contributed by atoms with E-state index >= 15 is 0 Å². The van der Waals surface area contributed by atoms with Crippen molar-refractivity contribution in [1.29, 1.82) is 0 Å². The molecule has 0 aliphatic rings. The number of ketones is 1. The van der Waals surface area contributed by atoms with Gasteiger partial charge in [0.05, 0.1) is 5.56 Å². The number of carbonyl (C=O) groups is 1. The molecule has 21 heavy (non-hydrogen) atoms. The van der Waals surface area contributed by atoms with Gasteiger partial charge in [-0.2, -0.15) is 13.2 Å². The van der Waals surface area contributed by atoms with Crippen molar-refractivity contribution in [2.45, 2.75) is 18.1 Å². The van der Waals surface area contributed by atoms with Crippen LogP contribution in [0.2, 0.25) is 0 Å². The van der Waals surface area contributed by atoms with E-state index in [-0.39, 0.29) is 5.75 Å².